The quantitative estimate of drug-likeness (QED) is 0.367. The lowest BCUT2D eigenvalue weighted by molar-refractivity contribution is -0.142. The lowest BCUT2D eigenvalue weighted by Crippen LogP contribution is -2.23. The van der Waals surface area contributed by atoms with E-state index in [0.29, 0.717) is 18.4 Å². The van der Waals surface area contributed by atoms with Crippen LogP contribution in [0.1, 0.15) is 25.7 Å². The number of ether oxygens (including phenoxy) is 2. The molecule has 0 unspecified atom stereocenters. The van der Waals surface area contributed by atoms with E-state index in [2.05, 4.69) is 47.3 Å². The second-order valence-electron chi connectivity index (χ2n) is 8.81. The molecule has 180 valence electrons. The maximum Gasteiger partial charge on any atom is 0.329 e. The smallest absolute Gasteiger partial charge is 0.329 e. The molecule has 34 heavy (non-hydrogen) atoms. The van der Waals surface area contributed by atoms with E-state index < -0.39 is 5.97 Å². The van der Waals surface area contributed by atoms with Crippen LogP contribution in [0.4, 0.5) is 0 Å². The number of carboxylic acids is 1. The molecule has 1 aliphatic carbocycles. The van der Waals surface area contributed by atoms with Crippen LogP contribution in [0.25, 0.3) is 22.4 Å². The van der Waals surface area contributed by atoms with Crippen LogP contribution in [0.5, 0.6) is 5.75 Å². The number of carbonyl (C=O) groups is 1. The minimum absolute atomic E-state index is 0.208. The van der Waals surface area contributed by atoms with Crippen molar-refractivity contribution in [3.8, 4) is 28.1 Å². The molecular formula is C27H32N2O4S. The Morgan fingerprint density at radius 2 is 1.71 bits per heavy atom. The zero-order valence-corrected chi connectivity index (χ0v) is 20.6. The second kappa shape index (κ2) is 11.6. The number of aromatic nitrogens is 2. The molecule has 6 nitrogen and oxygen atoms in total. The van der Waals surface area contributed by atoms with Crippen molar-refractivity contribution in [2.75, 3.05) is 26.6 Å². The number of hydrogen-bond donors (Lipinski definition) is 1. The van der Waals surface area contributed by atoms with Crippen LogP contribution >= 0.6 is 11.8 Å². The molecule has 7 heteroatoms. The number of hydrogen-bond acceptors (Lipinski definition) is 5. The fraction of sp³-hybridized carbons (Fsp3) is 0.407. The summed E-state index contributed by atoms with van der Waals surface area (Å²) in [4.78, 5) is 10.7. The van der Waals surface area contributed by atoms with Crippen molar-refractivity contribution in [2.24, 2.45) is 11.8 Å². The van der Waals surface area contributed by atoms with Crippen LogP contribution < -0.4 is 4.74 Å². The monoisotopic (exact) mass is 480 g/mol. The van der Waals surface area contributed by atoms with Crippen molar-refractivity contribution in [1.29, 1.82) is 0 Å². The third-order valence-electron chi connectivity index (χ3n) is 6.50. The Morgan fingerprint density at radius 1 is 1.03 bits per heavy atom. The maximum atomic E-state index is 10.7. The van der Waals surface area contributed by atoms with E-state index in [1.54, 1.807) is 18.9 Å². The van der Waals surface area contributed by atoms with Gasteiger partial charge in [0.25, 0.3) is 0 Å². The summed E-state index contributed by atoms with van der Waals surface area (Å²) in [5, 5.41) is 15.1. The van der Waals surface area contributed by atoms with Gasteiger partial charge in [-0.1, -0.05) is 30.3 Å². The first-order chi connectivity index (χ1) is 16.6. The molecule has 1 saturated carbocycles. The third kappa shape index (κ3) is 5.83. The molecule has 0 saturated heterocycles. The van der Waals surface area contributed by atoms with Crippen molar-refractivity contribution in [2.45, 2.75) is 37.3 Å². The van der Waals surface area contributed by atoms with Gasteiger partial charge in [0.1, 0.15) is 23.1 Å². The SMILES string of the molecule is COc1ccc(-c2nn(C[C@H]3CC[C@H](COCC(=O)O)CC3)c(SC)c2-c2ccccc2)cc1. The lowest BCUT2D eigenvalue weighted by Gasteiger charge is -2.28. The highest BCUT2D eigenvalue weighted by molar-refractivity contribution is 7.98. The molecule has 0 aliphatic heterocycles. The van der Waals surface area contributed by atoms with Crippen molar-refractivity contribution < 1.29 is 19.4 Å². The first-order valence-corrected chi connectivity index (χ1v) is 13.0. The Hall–Kier alpha value is -2.77. The highest BCUT2D eigenvalue weighted by atomic mass is 32.2. The molecular weight excluding hydrogens is 448 g/mol. The van der Waals surface area contributed by atoms with E-state index in [9.17, 15) is 4.79 Å². The molecule has 3 aromatic rings. The molecule has 4 rings (SSSR count). The van der Waals surface area contributed by atoms with Gasteiger partial charge in [-0.15, -0.1) is 11.8 Å². The minimum Gasteiger partial charge on any atom is -0.497 e. The molecule has 0 atom stereocenters. The first kappa shape index (κ1) is 24.4. The summed E-state index contributed by atoms with van der Waals surface area (Å²) in [6, 6.07) is 18.6. The maximum absolute atomic E-state index is 10.7. The molecule has 0 radical (unpaired) electrons. The summed E-state index contributed by atoms with van der Waals surface area (Å²) in [5.41, 5.74) is 4.42. The summed E-state index contributed by atoms with van der Waals surface area (Å²) in [5.74, 6) is 0.925. The number of aliphatic carboxylic acids is 1. The van der Waals surface area contributed by atoms with E-state index in [-0.39, 0.29) is 6.61 Å². The molecule has 1 heterocycles. The van der Waals surface area contributed by atoms with Gasteiger partial charge < -0.3 is 14.6 Å². The first-order valence-electron chi connectivity index (χ1n) is 11.7. The molecule has 2 aromatic carbocycles. The van der Waals surface area contributed by atoms with Crippen molar-refractivity contribution >= 4 is 17.7 Å². The zero-order valence-electron chi connectivity index (χ0n) is 19.8. The summed E-state index contributed by atoms with van der Waals surface area (Å²) >= 11 is 1.74. The number of methoxy groups -OCH3 is 1. The van der Waals surface area contributed by atoms with Gasteiger partial charge in [-0.2, -0.15) is 5.10 Å². The van der Waals surface area contributed by atoms with E-state index in [4.69, 9.17) is 19.7 Å². The van der Waals surface area contributed by atoms with Gasteiger partial charge in [-0.25, -0.2) is 4.79 Å². The van der Waals surface area contributed by atoms with Crippen LogP contribution in [0.15, 0.2) is 59.6 Å². The van der Waals surface area contributed by atoms with Gasteiger partial charge in [0, 0.05) is 17.7 Å². The van der Waals surface area contributed by atoms with Gasteiger partial charge in [0.2, 0.25) is 0 Å². The standard InChI is InChI=1S/C27H32N2O4S/c1-32-23-14-12-22(13-15-23)26-25(21-6-4-3-5-7-21)27(34-2)29(28-26)16-19-8-10-20(11-9-19)17-33-18-24(30)31/h3-7,12-15,19-20H,8-11,16-18H2,1-2H3,(H,30,31)/t19-,20-. The number of nitrogens with zero attached hydrogens (tertiary/aromatic N) is 2. The van der Waals surface area contributed by atoms with Gasteiger partial charge in [0.15, 0.2) is 0 Å². The van der Waals surface area contributed by atoms with Gasteiger partial charge in [-0.05, 0) is 73.6 Å². The van der Waals surface area contributed by atoms with Crippen LogP contribution in [0, 0.1) is 11.8 Å². The Bertz CT molecular complexity index is 1070. The second-order valence-corrected chi connectivity index (χ2v) is 9.60. The Kier molecular flexibility index (Phi) is 8.29. The third-order valence-corrected chi connectivity index (χ3v) is 7.30. The molecule has 0 bridgehead atoms. The predicted molar refractivity (Wildman–Crippen MR) is 135 cm³/mol. The highest BCUT2D eigenvalue weighted by Crippen LogP contribution is 2.40. The molecule has 1 aliphatic rings. The molecule has 1 aromatic heterocycles. The Morgan fingerprint density at radius 3 is 2.32 bits per heavy atom. The largest absolute Gasteiger partial charge is 0.497 e. The average molecular weight is 481 g/mol. The molecule has 0 spiro atoms. The molecule has 0 amide bonds. The van der Waals surface area contributed by atoms with Crippen LogP contribution in [-0.4, -0.2) is 47.4 Å². The van der Waals surface area contributed by atoms with E-state index in [1.807, 2.05) is 18.2 Å². The lowest BCUT2D eigenvalue weighted by atomic mass is 9.82. The highest BCUT2D eigenvalue weighted by Gasteiger charge is 2.26. The van der Waals surface area contributed by atoms with Crippen LogP contribution in [0.3, 0.4) is 0 Å². The van der Waals surface area contributed by atoms with E-state index in [1.165, 1.54) is 16.2 Å². The summed E-state index contributed by atoms with van der Waals surface area (Å²) in [7, 11) is 1.68. The Labute approximate surface area is 205 Å². The zero-order chi connectivity index (χ0) is 23.9. The predicted octanol–water partition coefficient (Wildman–Crippen LogP) is 5.86. The fourth-order valence-corrected chi connectivity index (χ4v) is 5.48. The fourth-order valence-electron chi connectivity index (χ4n) is 4.73. The summed E-state index contributed by atoms with van der Waals surface area (Å²) in [6.07, 6.45) is 6.46. The van der Waals surface area contributed by atoms with Gasteiger partial charge in [0.05, 0.1) is 13.7 Å². The number of benzene rings is 2. The number of carboxylic acid groups (broad SMARTS) is 1. The van der Waals surface area contributed by atoms with Crippen LogP contribution in [0.2, 0.25) is 0 Å². The number of thioether (sulfide) groups is 1. The summed E-state index contributed by atoms with van der Waals surface area (Å²) < 4.78 is 12.9. The molecule has 1 fully saturated rings. The number of rotatable bonds is 10. The average Bonchev–Trinajstić information content (AvgIpc) is 3.23. The van der Waals surface area contributed by atoms with Crippen molar-refractivity contribution in [1.82, 2.24) is 9.78 Å². The van der Waals surface area contributed by atoms with Crippen molar-refractivity contribution in [3.05, 3.63) is 54.6 Å². The topological polar surface area (TPSA) is 73.6 Å². The summed E-state index contributed by atoms with van der Waals surface area (Å²) in [6.45, 7) is 1.21. The minimum atomic E-state index is -0.904. The normalized spacial score (nSPS) is 18.1. The van der Waals surface area contributed by atoms with E-state index in [0.717, 1.165) is 49.2 Å². The van der Waals surface area contributed by atoms with Gasteiger partial charge >= 0.3 is 5.97 Å². The Balaban J connectivity index is 1.56. The molecule has 1 N–H and O–H groups in total. The van der Waals surface area contributed by atoms with Crippen LogP contribution in [-0.2, 0) is 16.1 Å². The van der Waals surface area contributed by atoms with Gasteiger partial charge in [-0.3, -0.25) is 4.68 Å². The van der Waals surface area contributed by atoms with E-state index >= 15 is 0 Å². The van der Waals surface area contributed by atoms with Crippen molar-refractivity contribution in [3.63, 3.8) is 0 Å².